The Morgan fingerprint density at radius 2 is 2.00 bits per heavy atom. The summed E-state index contributed by atoms with van der Waals surface area (Å²) in [6, 6.07) is 14.0. The zero-order valence-corrected chi connectivity index (χ0v) is 17.4. The standard InChI is InChI=1S/C20H18N4O3S2/c1-12-5-3-6-13(9-12)21-19-22-24(20(28)29-19)16-11-17(25)23(18(16)26)14-7-4-8-15(10-14)27-2/h3-10,16H,11H2,1-2H3,(H,21,22). The number of methoxy groups -OCH3 is 1. The van der Waals surface area contributed by atoms with Crippen LogP contribution in [0.15, 0.2) is 48.5 Å². The molecule has 7 nitrogen and oxygen atoms in total. The quantitative estimate of drug-likeness (QED) is 0.486. The molecule has 1 N–H and O–H groups in total. The third-order valence-corrected chi connectivity index (χ3v) is 5.74. The molecule has 0 saturated carbocycles. The Morgan fingerprint density at radius 1 is 1.21 bits per heavy atom. The third kappa shape index (κ3) is 3.79. The molecule has 2 aromatic carbocycles. The van der Waals surface area contributed by atoms with Crippen LogP contribution in [0.3, 0.4) is 0 Å². The van der Waals surface area contributed by atoms with Crippen LogP contribution in [0, 0.1) is 10.9 Å². The van der Waals surface area contributed by atoms with E-state index in [-0.39, 0.29) is 18.2 Å². The average Bonchev–Trinajstić information content (AvgIpc) is 3.20. The van der Waals surface area contributed by atoms with Crippen molar-refractivity contribution in [3.8, 4) is 5.75 Å². The van der Waals surface area contributed by atoms with Crippen LogP contribution in [0.4, 0.5) is 16.5 Å². The Kier molecular flexibility index (Phi) is 5.16. The van der Waals surface area contributed by atoms with Gasteiger partial charge in [-0.3, -0.25) is 9.59 Å². The fourth-order valence-corrected chi connectivity index (χ4v) is 4.34. The van der Waals surface area contributed by atoms with Gasteiger partial charge in [0.15, 0.2) is 3.95 Å². The van der Waals surface area contributed by atoms with Gasteiger partial charge < -0.3 is 10.1 Å². The van der Waals surface area contributed by atoms with Crippen molar-refractivity contribution in [3.63, 3.8) is 0 Å². The normalized spacial score (nSPS) is 16.3. The molecular weight excluding hydrogens is 408 g/mol. The molecule has 29 heavy (non-hydrogen) atoms. The van der Waals surface area contributed by atoms with Crippen molar-refractivity contribution in [2.75, 3.05) is 17.3 Å². The maximum atomic E-state index is 13.0. The largest absolute Gasteiger partial charge is 0.497 e. The summed E-state index contributed by atoms with van der Waals surface area (Å²) in [7, 11) is 1.53. The fourth-order valence-electron chi connectivity index (χ4n) is 3.21. The molecule has 1 aliphatic rings. The number of benzene rings is 2. The van der Waals surface area contributed by atoms with Crippen molar-refractivity contribution in [2.45, 2.75) is 19.4 Å². The molecule has 4 rings (SSSR count). The highest BCUT2D eigenvalue weighted by molar-refractivity contribution is 7.73. The average molecular weight is 427 g/mol. The number of imide groups is 1. The van der Waals surface area contributed by atoms with Crippen molar-refractivity contribution in [2.24, 2.45) is 0 Å². The van der Waals surface area contributed by atoms with Gasteiger partial charge in [0.25, 0.3) is 5.91 Å². The van der Waals surface area contributed by atoms with Gasteiger partial charge in [0.2, 0.25) is 11.0 Å². The second-order valence-electron chi connectivity index (χ2n) is 6.60. The monoisotopic (exact) mass is 426 g/mol. The lowest BCUT2D eigenvalue weighted by molar-refractivity contribution is -0.122. The second kappa shape index (κ2) is 7.76. The predicted molar refractivity (Wildman–Crippen MR) is 115 cm³/mol. The molecule has 0 radical (unpaired) electrons. The molecule has 1 aliphatic heterocycles. The van der Waals surface area contributed by atoms with Gasteiger partial charge in [-0.25, -0.2) is 9.58 Å². The number of amides is 2. The van der Waals surface area contributed by atoms with E-state index in [1.807, 2.05) is 31.2 Å². The summed E-state index contributed by atoms with van der Waals surface area (Å²) in [6.07, 6.45) is 0.0119. The maximum absolute atomic E-state index is 13.0. The van der Waals surface area contributed by atoms with E-state index in [9.17, 15) is 9.59 Å². The Hall–Kier alpha value is -3.04. The molecule has 0 bridgehead atoms. The molecule has 1 unspecified atom stereocenters. The molecular formula is C20H18N4O3S2. The van der Waals surface area contributed by atoms with Gasteiger partial charge in [0.1, 0.15) is 11.8 Å². The first-order valence-corrected chi connectivity index (χ1v) is 10.1. The summed E-state index contributed by atoms with van der Waals surface area (Å²) in [6.45, 7) is 2.00. The first-order chi connectivity index (χ1) is 14.0. The first-order valence-electron chi connectivity index (χ1n) is 8.90. The van der Waals surface area contributed by atoms with E-state index in [1.165, 1.54) is 28.0 Å². The van der Waals surface area contributed by atoms with Crippen LogP contribution in [-0.2, 0) is 9.59 Å². The number of carbonyl (C=O) groups is 2. The molecule has 0 spiro atoms. The topological polar surface area (TPSA) is 76.5 Å². The van der Waals surface area contributed by atoms with Crippen LogP contribution in [0.5, 0.6) is 5.75 Å². The minimum atomic E-state index is -0.759. The predicted octanol–water partition coefficient (Wildman–Crippen LogP) is 4.24. The van der Waals surface area contributed by atoms with Gasteiger partial charge >= 0.3 is 0 Å². The van der Waals surface area contributed by atoms with Crippen molar-refractivity contribution in [3.05, 3.63) is 58.0 Å². The number of anilines is 3. The van der Waals surface area contributed by atoms with E-state index in [4.69, 9.17) is 17.0 Å². The molecule has 1 aromatic heterocycles. The molecule has 3 aromatic rings. The zero-order chi connectivity index (χ0) is 20.5. The third-order valence-electron chi connectivity index (χ3n) is 4.57. The minimum absolute atomic E-state index is 0.0119. The van der Waals surface area contributed by atoms with E-state index in [1.54, 1.807) is 24.3 Å². The fraction of sp³-hybridized carbons (Fsp3) is 0.200. The zero-order valence-electron chi connectivity index (χ0n) is 15.8. The minimum Gasteiger partial charge on any atom is -0.497 e. The Balaban J connectivity index is 1.60. The summed E-state index contributed by atoms with van der Waals surface area (Å²) in [5.41, 5.74) is 2.47. The lowest BCUT2D eigenvalue weighted by Crippen LogP contribution is -2.31. The van der Waals surface area contributed by atoms with Crippen molar-refractivity contribution in [1.82, 2.24) is 9.78 Å². The Morgan fingerprint density at radius 3 is 2.76 bits per heavy atom. The van der Waals surface area contributed by atoms with Crippen molar-refractivity contribution in [1.29, 1.82) is 0 Å². The second-order valence-corrected chi connectivity index (χ2v) is 8.22. The van der Waals surface area contributed by atoms with Crippen LogP contribution >= 0.6 is 23.6 Å². The van der Waals surface area contributed by atoms with Gasteiger partial charge in [0, 0.05) is 11.8 Å². The molecule has 2 heterocycles. The molecule has 1 fully saturated rings. The highest BCUT2D eigenvalue weighted by Crippen LogP contribution is 2.33. The number of ether oxygens (including phenoxy) is 1. The van der Waals surface area contributed by atoms with E-state index in [0.29, 0.717) is 20.5 Å². The van der Waals surface area contributed by atoms with E-state index < -0.39 is 6.04 Å². The Labute approximate surface area is 176 Å². The summed E-state index contributed by atoms with van der Waals surface area (Å²) >= 11 is 6.68. The summed E-state index contributed by atoms with van der Waals surface area (Å²) in [4.78, 5) is 26.8. The number of rotatable bonds is 5. The number of aromatic nitrogens is 2. The van der Waals surface area contributed by atoms with Crippen LogP contribution < -0.4 is 15.0 Å². The van der Waals surface area contributed by atoms with Gasteiger partial charge in [-0.15, -0.1) is 5.10 Å². The summed E-state index contributed by atoms with van der Waals surface area (Å²) < 4.78 is 7.08. The van der Waals surface area contributed by atoms with Crippen LogP contribution in [0.1, 0.15) is 18.0 Å². The first kappa shape index (κ1) is 19.3. The van der Waals surface area contributed by atoms with Gasteiger partial charge in [-0.2, -0.15) is 0 Å². The number of carbonyl (C=O) groups excluding carboxylic acids is 2. The number of hydrogen-bond acceptors (Lipinski definition) is 7. The molecule has 0 aliphatic carbocycles. The van der Waals surface area contributed by atoms with Gasteiger partial charge in [-0.1, -0.05) is 29.5 Å². The van der Waals surface area contributed by atoms with Crippen molar-refractivity contribution < 1.29 is 14.3 Å². The van der Waals surface area contributed by atoms with E-state index >= 15 is 0 Å². The van der Waals surface area contributed by atoms with Crippen LogP contribution in [-0.4, -0.2) is 28.7 Å². The number of nitrogens with zero attached hydrogens (tertiary/aromatic N) is 3. The van der Waals surface area contributed by atoms with E-state index in [0.717, 1.165) is 11.3 Å². The molecule has 148 valence electrons. The molecule has 9 heteroatoms. The van der Waals surface area contributed by atoms with Crippen molar-refractivity contribution >= 4 is 51.9 Å². The molecule has 2 amide bonds. The molecule has 1 saturated heterocycles. The van der Waals surface area contributed by atoms with Gasteiger partial charge in [0.05, 0.1) is 19.2 Å². The highest BCUT2D eigenvalue weighted by atomic mass is 32.1. The lowest BCUT2D eigenvalue weighted by atomic mass is 10.2. The summed E-state index contributed by atoms with van der Waals surface area (Å²) in [5, 5.41) is 8.24. The Bertz CT molecular complexity index is 1150. The lowest BCUT2D eigenvalue weighted by Gasteiger charge is -2.15. The number of aryl methyl sites for hydroxylation is 1. The number of nitrogens with one attached hydrogen (secondary N) is 1. The van der Waals surface area contributed by atoms with Crippen LogP contribution in [0.2, 0.25) is 0 Å². The van der Waals surface area contributed by atoms with E-state index in [2.05, 4.69) is 10.4 Å². The summed E-state index contributed by atoms with van der Waals surface area (Å²) in [5.74, 6) is -0.0791. The number of hydrogen-bond donors (Lipinski definition) is 1. The highest BCUT2D eigenvalue weighted by Gasteiger charge is 2.42. The van der Waals surface area contributed by atoms with Gasteiger partial charge in [-0.05, 0) is 49.0 Å². The SMILES string of the molecule is COc1cccc(N2C(=O)CC(n3nc(Nc4cccc(C)c4)sc3=S)C2=O)c1. The molecule has 1 atom stereocenters. The van der Waals surface area contributed by atoms with Crippen LogP contribution in [0.25, 0.3) is 0 Å². The smallest absolute Gasteiger partial charge is 0.259 e. The maximum Gasteiger partial charge on any atom is 0.259 e.